The maximum absolute atomic E-state index is 12.7. The number of nitrogens with zero attached hydrogens (tertiary/aromatic N) is 4. The molecular weight excluding hydrogens is 308 g/mol. The molecule has 3 rings (SSSR count). The predicted octanol–water partition coefficient (Wildman–Crippen LogP) is 1.17. The molecule has 7 nitrogen and oxygen atoms in total. The van der Waals surface area contributed by atoms with Crippen LogP contribution in [0, 0.1) is 5.92 Å². The number of methoxy groups -OCH3 is 1. The zero-order valence-electron chi connectivity index (χ0n) is 14.4. The summed E-state index contributed by atoms with van der Waals surface area (Å²) in [5.74, 6) is 0.205. The second-order valence-corrected chi connectivity index (χ2v) is 6.68. The molecule has 0 N–H and O–H groups in total. The van der Waals surface area contributed by atoms with Crippen LogP contribution in [0.1, 0.15) is 19.5 Å². The van der Waals surface area contributed by atoms with E-state index in [1.165, 1.54) is 0 Å². The number of hydrogen-bond donors (Lipinski definition) is 0. The molecule has 0 aromatic carbocycles. The zero-order chi connectivity index (χ0) is 17.2. The van der Waals surface area contributed by atoms with Gasteiger partial charge in [-0.1, -0.05) is 0 Å². The van der Waals surface area contributed by atoms with E-state index in [1.807, 2.05) is 21.7 Å². The molecule has 3 heterocycles. The van der Waals surface area contributed by atoms with Crippen molar-refractivity contribution in [1.82, 2.24) is 19.3 Å². The fourth-order valence-corrected chi connectivity index (χ4v) is 2.93. The van der Waals surface area contributed by atoms with Crippen molar-refractivity contribution >= 4 is 11.6 Å². The molecule has 0 radical (unpaired) electrons. The predicted molar refractivity (Wildman–Crippen MR) is 88.7 cm³/mol. The van der Waals surface area contributed by atoms with Crippen LogP contribution in [0.4, 0.5) is 0 Å². The Morgan fingerprint density at radius 3 is 3.08 bits per heavy atom. The summed E-state index contributed by atoms with van der Waals surface area (Å²) in [5, 5.41) is 0. The Kier molecular flexibility index (Phi) is 4.82. The van der Waals surface area contributed by atoms with Crippen molar-refractivity contribution < 1.29 is 14.3 Å². The lowest BCUT2D eigenvalue weighted by atomic mass is 10.0. The highest BCUT2D eigenvalue weighted by Gasteiger charge is 2.34. The summed E-state index contributed by atoms with van der Waals surface area (Å²) in [7, 11) is 1.56. The summed E-state index contributed by atoms with van der Waals surface area (Å²) in [6.07, 6.45) is 8.16. The van der Waals surface area contributed by atoms with Gasteiger partial charge in [0.25, 0.3) is 5.91 Å². The molecule has 1 aliphatic rings. The summed E-state index contributed by atoms with van der Waals surface area (Å²) < 4.78 is 13.0. The van der Waals surface area contributed by atoms with Crippen LogP contribution in [0.15, 0.2) is 24.8 Å². The number of ether oxygens (including phenoxy) is 2. The molecule has 2 aromatic heterocycles. The lowest BCUT2D eigenvalue weighted by molar-refractivity contribution is -0.151. The lowest BCUT2D eigenvalue weighted by Gasteiger charge is -2.31. The minimum absolute atomic E-state index is 0.00137. The van der Waals surface area contributed by atoms with Crippen molar-refractivity contribution in [3.63, 3.8) is 0 Å². The van der Waals surface area contributed by atoms with Gasteiger partial charge < -0.3 is 18.8 Å². The number of imidazole rings is 1. The highest BCUT2D eigenvalue weighted by molar-refractivity contribution is 5.84. The van der Waals surface area contributed by atoms with E-state index in [4.69, 9.17) is 9.47 Å². The number of rotatable bonds is 4. The third-order valence-corrected chi connectivity index (χ3v) is 4.48. The lowest BCUT2D eigenvalue weighted by Crippen LogP contribution is -2.48. The normalized spacial score (nSPS) is 19.5. The first-order valence-corrected chi connectivity index (χ1v) is 8.19. The maximum atomic E-state index is 12.7. The first kappa shape index (κ1) is 16.9. The fourth-order valence-electron chi connectivity index (χ4n) is 2.93. The van der Waals surface area contributed by atoms with Gasteiger partial charge in [-0.15, -0.1) is 0 Å². The van der Waals surface area contributed by atoms with Gasteiger partial charge in [-0.2, -0.15) is 0 Å². The molecule has 0 unspecified atom stereocenters. The van der Waals surface area contributed by atoms with Gasteiger partial charge in [-0.3, -0.25) is 9.78 Å². The zero-order valence-corrected chi connectivity index (χ0v) is 14.4. The number of carbonyl (C=O) groups is 1. The number of carbonyl (C=O) groups excluding carboxylic acids is 1. The first-order chi connectivity index (χ1) is 11.5. The molecule has 1 atom stereocenters. The van der Waals surface area contributed by atoms with Crippen LogP contribution in [0.2, 0.25) is 0 Å². The van der Waals surface area contributed by atoms with Crippen molar-refractivity contribution in [2.45, 2.75) is 25.9 Å². The van der Waals surface area contributed by atoms with Gasteiger partial charge in [0.2, 0.25) is 0 Å². The molecule has 2 aromatic rings. The summed E-state index contributed by atoms with van der Waals surface area (Å²) >= 11 is 0. The van der Waals surface area contributed by atoms with E-state index in [0.29, 0.717) is 26.3 Å². The van der Waals surface area contributed by atoms with Crippen molar-refractivity contribution in [2.75, 3.05) is 33.4 Å². The number of amides is 1. The molecule has 0 saturated carbocycles. The highest BCUT2D eigenvalue weighted by atomic mass is 16.5. The largest absolute Gasteiger partial charge is 0.379 e. The third-order valence-electron chi connectivity index (χ3n) is 4.48. The monoisotopic (exact) mass is 332 g/mol. The van der Waals surface area contributed by atoms with E-state index < -0.39 is 5.60 Å². The molecule has 1 saturated heterocycles. The van der Waals surface area contributed by atoms with Crippen molar-refractivity contribution in [2.24, 2.45) is 5.92 Å². The van der Waals surface area contributed by atoms with E-state index in [2.05, 4.69) is 9.97 Å². The Morgan fingerprint density at radius 2 is 2.29 bits per heavy atom. The average molecular weight is 332 g/mol. The van der Waals surface area contributed by atoms with E-state index in [0.717, 1.165) is 17.8 Å². The molecule has 0 bridgehead atoms. The van der Waals surface area contributed by atoms with Crippen LogP contribution in [0.25, 0.3) is 5.65 Å². The van der Waals surface area contributed by atoms with Crippen LogP contribution in [0.5, 0.6) is 0 Å². The Balaban J connectivity index is 1.71. The van der Waals surface area contributed by atoms with E-state index >= 15 is 0 Å². The smallest absolute Gasteiger partial charge is 0.254 e. The first-order valence-electron chi connectivity index (χ1n) is 8.19. The molecule has 130 valence electrons. The van der Waals surface area contributed by atoms with Crippen LogP contribution >= 0.6 is 0 Å². The summed E-state index contributed by atoms with van der Waals surface area (Å²) in [6, 6.07) is 0. The third kappa shape index (κ3) is 3.57. The standard InChI is InChI=1S/C17H24N4O3/c1-17(2,23-3)16(22)21-6-7-24-12-13(10-21)8-14-11-20-5-4-18-15(20)9-19-14/h4-5,9,11,13H,6-8,10,12H2,1-3H3/t13-/m1/s1. The van der Waals surface area contributed by atoms with E-state index in [-0.39, 0.29) is 11.8 Å². The maximum Gasteiger partial charge on any atom is 0.254 e. The van der Waals surface area contributed by atoms with Gasteiger partial charge in [0.1, 0.15) is 5.60 Å². The van der Waals surface area contributed by atoms with Gasteiger partial charge in [0.05, 0.1) is 25.1 Å². The molecular formula is C17H24N4O3. The molecule has 7 heteroatoms. The van der Waals surface area contributed by atoms with E-state index in [9.17, 15) is 4.79 Å². The quantitative estimate of drug-likeness (QED) is 0.841. The SMILES string of the molecule is COC(C)(C)C(=O)N1CCOC[C@H](Cc2cn3ccnc3cn2)C1. The molecule has 1 aliphatic heterocycles. The second kappa shape index (κ2) is 6.86. The van der Waals surface area contributed by atoms with Crippen molar-refractivity contribution in [3.05, 3.63) is 30.5 Å². The topological polar surface area (TPSA) is 69.0 Å². The summed E-state index contributed by atoms with van der Waals surface area (Å²) in [4.78, 5) is 23.2. The fraction of sp³-hybridized carbons (Fsp3) is 0.588. The number of aromatic nitrogens is 3. The highest BCUT2D eigenvalue weighted by Crippen LogP contribution is 2.18. The minimum atomic E-state index is -0.817. The summed E-state index contributed by atoms with van der Waals surface area (Å²) in [6.45, 7) is 6.01. The Hall–Kier alpha value is -1.99. The Morgan fingerprint density at radius 1 is 1.46 bits per heavy atom. The summed E-state index contributed by atoms with van der Waals surface area (Å²) in [5.41, 5.74) is 0.979. The minimum Gasteiger partial charge on any atom is -0.379 e. The Labute approximate surface area is 141 Å². The van der Waals surface area contributed by atoms with E-state index in [1.54, 1.807) is 33.4 Å². The molecule has 1 fully saturated rings. The van der Waals surface area contributed by atoms with Gasteiger partial charge >= 0.3 is 0 Å². The van der Waals surface area contributed by atoms with Crippen LogP contribution in [-0.2, 0) is 20.7 Å². The molecule has 0 spiro atoms. The van der Waals surface area contributed by atoms with Gasteiger partial charge in [0, 0.05) is 44.7 Å². The average Bonchev–Trinajstić information content (AvgIpc) is 2.92. The molecule has 24 heavy (non-hydrogen) atoms. The number of fused-ring (bicyclic) bond motifs is 1. The van der Waals surface area contributed by atoms with Crippen LogP contribution in [-0.4, -0.2) is 64.2 Å². The van der Waals surface area contributed by atoms with Crippen molar-refractivity contribution in [1.29, 1.82) is 0 Å². The van der Waals surface area contributed by atoms with Gasteiger partial charge in [-0.05, 0) is 20.3 Å². The molecule has 0 aliphatic carbocycles. The molecule has 1 amide bonds. The van der Waals surface area contributed by atoms with Gasteiger partial charge in [0.15, 0.2) is 5.65 Å². The van der Waals surface area contributed by atoms with Gasteiger partial charge in [-0.25, -0.2) is 4.98 Å². The Bertz CT molecular complexity index is 713. The van der Waals surface area contributed by atoms with Crippen LogP contribution in [0.3, 0.4) is 0 Å². The second-order valence-electron chi connectivity index (χ2n) is 6.68. The van der Waals surface area contributed by atoms with Crippen LogP contribution < -0.4 is 0 Å². The number of hydrogen-bond acceptors (Lipinski definition) is 5. The van der Waals surface area contributed by atoms with Crippen molar-refractivity contribution in [3.8, 4) is 0 Å².